The predicted octanol–water partition coefficient (Wildman–Crippen LogP) is 2.45. The molecule has 0 saturated heterocycles. The van der Waals surface area contributed by atoms with Crippen LogP contribution in [-0.2, 0) is 14.6 Å². The summed E-state index contributed by atoms with van der Waals surface area (Å²) in [5, 5.41) is 0.481. The van der Waals surface area contributed by atoms with Gasteiger partial charge in [0.1, 0.15) is 5.78 Å². The van der Waals surface area contributed by atoms with Gasteiger partial charge in [-0.2, -0.15) is 0 Å². The lowest BCUT2D eigenvalue weighted by molar-refractivity contribution is -0.116. The summed E-state index contributed by atoms with van der Waals surface area (Å²) in [7, 11) is -3.48. The Hall–Kier alpha value is -1.13. The average Bonchev–Trinajstić information content (AvgIpc) is 2.37. The maximum Gasteiger partial charge on any atom is 0.203 e. The van der Waals surface area contributed by atoms with E-state index < -0.39 is 9.84 Å². The van der Waals surface area contributed by atoms with Crippen LogP contribution >= 0.6 is 11.6 Å². The highest BCUT2D eigenvalue weighted by molar-refractivity contribution is 7.95. The molecule has 0 atom stereocenters. The van der Waals surface area contributed by atoms with E-state index in [1.807, 2.05) is 0 Å². The first-order valence-corrected chi connectivity index (χ1v) is 6.52. The van der Waals surface area contributed by atoms with Gasteiger partial charge in [0.2, 0.25) is 9.84 Å². The second-order valence-corrected chi connectivity index (χ2v) is 6.08. The van der Waals surface area contributed by atoms with Gasteiger partial charge in [-0.15, -0.1) is 0 Å². The number of allylic oxidation sites excluding steroid dienone is 1. The van der Waals surface area contributed by atoms with Crippen LogP contribution in [0, 0.1) is 0 Å². The van der Waals surface area contributed by atoms with Crippen LogP contribution in [0.3, 0.4) is 0 Å². The smallest absolute Gasteiger partial charge is 0.203 e. The normalized spacial score (nSPS) is 16.8. The van der Waals surface area contributed by atoms with Crippen molar-refractivity contribution in [2.75, 3.05) is 0 Å². The minimum atomic E-state index is -3.48. The maximum absolute atomic E-state index is 12.0. The van der Waals surface area contributed by atoms with Crippen molar-refractivity contribution in [3.8, 4) is 0 Å². The Bertz CT molecular complexity index is 600. The fourth-order valence-corrected chi connectivity index (χ4v) is 3.47. The second kappa shape index (κ2) is 3.71. The van der Waals surface area contributed by atoms with Crippen molar-refractivity contribution >= 4 is 33.3 Å². The third-order valence-corrected chi connectivity index (χ3v) is 4.48. The molecule has 0 bridgehead atoms. The van der Waals surface area contributed by atoms with Crippen LogP contribution < -0.4 is 0 Å². The van der Waals surface area contributed by atoms with Crippen LogP contribution in [0.25, 0.3) is 6.08 Å². The molecule has 3 nitrogen and oxygen atoms in total. The largest absolute Gasteiger partial charge is 0.300 e. The number of benzene rings is 1. The first kappa shape index (κ1) is 11.4. The number of rotatable bonds is 2. The second-order valence-electron chi connectivity index (χ2n) is 3.68. The molecule has 84 valence electrons. The number of sulfone groups is 1. The summed E-state index contributed by atoms with van der Waals surface area (Å²) in [6, 6.07) is 4.58. The predicted molar refractivity (Wildman–Crippen MR) is 61.9 cm³/mol. The highest BCUT2D eigenvalue weighted by atomic mass is 35.5. The van der Waals surface area contributed by atoms with Gasteiger partial charge in [0.05, 0.1) is 9.80 Å². The number of hydrogen-bond donors (Lipinski definition) is 0. The van der Waals surface area contributed by atoms with E-state index in [2.05, 4.69) is 0 Å². The van der Waals surface area contributed by atoms with E-state index in [0.29, 0.717) is 10.6 Å². The SMILES string of the molecule is CC(=O)CC1=Cc2cc(Cl)ccc2S1(=O)=O. The number of halogens is 1. The molecule has 0 N–H and O–H groups in total. The fraction of sp³-hybridized carbons (Fsp3) is 0.182. The van der Waals surface area contributed by atoms with E-state index >= 15 is 0 Å². The van der Waals surface area contributed by atoms with Gasteiger partial charge in [0.15, 0.2) is 0 Å². The third-order valence-electron chi connectivity index (χ3n) is 2.35. The van der Waals surface area contributed by atoms with Crippen LogP contribution in [-0.4, -0.2) is 14.2 Å². The summed E-state index contributed by atoms with van der Waals surface area (Å²) in [5.74, 6) is -0.172. The lowest BCUT2D eigenvalue weighted by Gasteiger charge is -2.01. The van der Waals surface area contributed by atoms with E-state index in [9.17, 15) is 13.2 Å². The van der Waals surface area contributed by atoms with Crippen molar-refractivity contribution in [3.63, 3.8) is 0 Å². The summed E-state index contributed by atoms with van der Waals surface area (Å²) < 4.78 is 23.9. The average molecular weight is 257 g/mol. The van der Waals surface area contributed by atoms with Gasteiger partial charge in [-0.3, -0.25) is 4.79 Å². The Kier molecular flexibility index (Phi) is 2.64. The number of ketones is 1. The molecule has 5 heteroatoms. The van der Waals surface area contributed by atoms with Crippen LogP contribution in [0.1, 0.15) is 18.9 Å². The molecule has 1 aliphatic heterocycles. The number of carbonyl (C=O) groups is 1. The summed E-state index contributed by atoms with van der Waals surface area (Å²) in [6.45, 7) is 1.37. The van der Waals surface area contributed by atoms with Crippen molar-refractivity contribution in [1.29, 1.82) is 0 Å². The summed E-state index contributed by atoms with van der Waals surface area (Å²) in [6.07, 6.45) is 1.45. The monoisotopic (exact) mass is 256 g/mol. The quantitative estimate of drug-likeness (QED) is 0.817. The van der Waals surface area contributed by atoms with Gasteiger partial charge in [-0.25, -0.2) is 8.42 Å². The Labute approximate surface area is 98.7 Å². The Morgan fingerprint density at radius 3 is 2.69 bits per heavy atom. The van der Waals surface area contributed by atoms with Gasteiger partial charge in [0.25, 0.3) is 0 Å². The molecule has 0 amide bonds. The molecule has 2 rings (SSSR count). The van der Waals surface area contributed by atoms with Crippen LogP contribution in [0.2, 0.25) is 5.02 Å². The highest BCUT2D eigenvalue weighted by Gasteiger charge is 2.29. The van der Waals surface area contributed by atoms with E-state index in [-0.39, 0.29) is 22.0 Å². The first-order chi connectivity index (χ1) is 7.41. The van der Waals surface area contributed by atoms with Crippen LogP contribution in [0.4, 0.5) is 0 Å². The van der Waals surface area contributed by atoms with Gasteiger partial charge in [-0.05, 0) is 36.8 Å². The highest BCUT2D eigenvalue weighted by Crippen LogP contribution is 2.35. The van der Waals surface area contributed by atoms with Gasteiger partial charge in [0, 0.05) is 11.4 Å². The zero-order chi connectivity index (χ0) is 11.9. The minimum absolute atomic E-state index is 0.0609. The lowest BCUT2D eigenvalue weighted by atomic mass is 10.2. The van der Waals surface area contributed by atoms with Crippen molar-refractivity contribution in [2.24, 2.45) is 0 Å². The molecule has 0 unspecified atom stereocenters. The number of Topliss-reactive ketones (excluding diaryl/α,β-unsaturated/α-hetero) is 1. The summed E-state index contributed by atoms with van der Waals surface area (Å²) >= 11 is 5.78. The molecular formula is C11H9ClO3S. The Balaban J connectivity index is 2.56. The van der Waals surface area contributed by atoms with Crippen LogP contribution in [0.15, 0.2) is 28.0 Å². The zero-order valence-electron chi connectivity index (χ0n) is 8.53. The van der Waals surface area contributed by atoms with E-state index in [1.165, 1.54) is 25.1 Å². The fourth-order valence-electron chi connectivity index (χ4n) is 1.66. The standard InChI is InChI=1S/C11H9ClO3S/c1-7(13)4-10-6-8-5-9(12)2-3-11(8)16(10,14)15/h2-3,5-6H,4H2,1H3. The van der Waals surface area contributed by atoms with E-state index in [4.69, 9.17) is 11.6 Å². The molecule has 1 heterocycles. The lowest BCUT2D eigenvalue weighted by Crippen LogP contribution is -2.04. The molecule has 0 aromatic heterocycles. The van der Waals surface area contributed by atoms with E-state index in [1.54, 1.807) is 6.07 Å². The molecular weight excluding hydrogens is 248 g/mol. The number of fused-ring (bicyclic) bond motifs is 1. The van der Waals surface area contributed by atoms with Crippen LogP contribution in [0.5, 0.6) is 0 Å². The van der Waals surface area contributed by atoms with Gasteiger partial charge >= 0.3 is 0 Å². The minimum Gasteiger partial charge on any atom is -0.300 e. The maximum atomic E-state index is 12.0. The van der Waals surface area contributed by atoms with Crippen molar-refractivity contribution in [3.05, 3.63) is 33.7 Å². The Morgan fingerprint density at radius 1 is 1.38 bits per heavy atom. The van der Waals surface area contributed by atoms with Gasteiger partial charge < -0.3 is 0 Å². The van der Waals surface area contributed by atoms with Crippen molar-refractivity contribution < 1.29 is 13.2 Å². The van der Waals surface area contributed by atoms with E-state index in [0.717, 1.165) is 0 Å². The summed E-state index contributed by atoms with van der Waals surface area (Å²) in [4.78, 5) is 11.4. The zero-order valence-corrected chi connectivity index (χ0v) is 10.1. The molecule has 0 saturated carbocycles. The van der Waals surface area contributed by atoms with Crippen molar-refractivity contribution in [2.45, 2.75) is 18.2 Å². The third kappa shape index (κ3) is 1.79. The van der Waals surface area contributed by atoms with Crippen molar-refractivity contribution in [1.82, 2.24) is 0 Å². The molecule has 1 aliphatic rings. The molecule has 0 spiro atoms. The number of carbonyl (C=O) groups excluding carboxylic acids is 1. The van der Waals surface area contributed by atoms with Gasteiger partial charge in [-0.1, -0.05) is 11.6 Å². The topological polar surface area (TPSA) is 51.2 Å². The molecule has 0 fully saturated rings. The molecule has 1 aromatic carbocycles. The first-order valence-electron chi connectivity index (χ1n) is 4.66. The molecule has 16 heavy (non-hydrogen) atoms. The summed E-state index contributed by atoms with van der Waals surface area (Å²) in [5.41, 5.74) is 0.559. The number of hydrogen-bond acceptors (Lipinski definition) is 3. The Morgan fingerprint density at radius 2 is 2.06 bits per heavy atom. The molecule has 1 aromatic rings. The molecule has 0 aliphatic carbocycles. The molecule has 0 radical (unpaired) electrons.